The number of hydrogen-bond donors (Lipinski definition) is 1. The van der Waals surface area contributed by atoms with Gasteiger partial charge in [0.15, 0.2) is 0 Å². The minimum absolute atomic E-state index is 0.735. The van der Waals surface area contributed by atoms with Gasteiger partial charge in [-0.2, -0.15) is 0 Å². The molecule has 5 heteroatoms. The van der Waals surface area contributed by atoms with Crippen LogP contribution in [-0.2, 0) is 6.54 Å². The maximum absolute atomic E-state index is 5.21. The van der Waals surface area contributed by atoms with Gasteiger partial charge in [0.05, 0.1) is 18.3 Å². The first-order chi connectivity index (χ1) is 12.3. The lowest BCUT2D eigenvalue weighted by molar-refractivity contribution is 0.414. The van der Waals surface area contributed by atoms with Crippen LogP contribution in [0.5, 0.6) is 5.75 Å². The van der Waals surface area contributed by atoms with Crippen LogP contribution >= 0.6 is 0 Å². The molecule has 2 aromatic heterocycles. The maximum atomic E-state index is 5.21. The van der Waals surface area contributed by atoms with Crippen LogP contribution in [0.25, 0.3) is 11.0 Å². The second-order valence-electron chi connectivity index (χ2n) is 6.29. The van der Waals surface area contributed by atoms with Crippen LogP contribution in [0.3, 0.4) is 0 Å². The summed E-state index contributed by atoms with van der Waals surface area (Å²) in [6.07, 6.45) is 4.32. The standard InChI is InChI=1S/C20H22N4O/c1-25-16-6-4-15(5-7-16)14-22-18-10-11-21-17-8-9-19(23-20(17)18)24-12-2-3-13-24/h4-11H,2-3,12-14H2,1H3,(H,21,22). The summed E-state index contributed by atoms with van der Waals surface area (Å²) in [6, 6.07) is 14.2. The summed E-state index contributed by atoms with van der Waals surface area (Å²) in [7, 11) is 1.68. The van der Waals surface area contributed by atoms with Crippen LogP contribution in [0.15, 0.2) is 48.7 Å². The highest BCUT2D eigenvalue weighted by Crippen LogP contribution is 2.25. The van der Waals surface area contributed by atoms with E-state index in [-0.39, 0.29) is 0 Å². The van der Waals surface area contributed by atoms with Crippen molar-refractivity contribution >= 4 is 22.5 Å². The average molecular weight is 334 g/mol. The Morgan fingerprint density at radius 3 is 2.60 bits per heavy atom. The zero-order chi connectivity index (χ0) is 17.1. The second-order valence-corrected chi connectivity index (χ2v) is 6.29. The molecule has 25 heavy (non-hydrogen) atoms. The van der Waals surface area contributed by atoms with E-state index in [0.717, 1.165) is 47.9 Å². The summed E-state index contributed by atoms with van der Waals surface area (Å²) in [4.78, 5) is 11.7. The molecule has 0 atom stereocenters. The van der Waals surface area contributed by atoms with Gasteiger partial charge < -0.3 is 15.0 Å². The van der Waals surface area contributed by atoms with Gasteiger partial charge in [-0.15, -0.1) is 0 Å². The lowest BCUT2D eigenvalue weighted by Crippen LogP contribution is -2.18. The van der Waals surface area contributed by atoms with Crippen LogP contribution < -0.4 is 15.0 Å². The van der Waals surface area contributed by atoms with E-state index in [0.29, 0.717) is 0 Å². The molecule has 5 nitrogen and oxygen atoms in total. The summed E-state index contributed by atoms with van der Waals surface area (Å²) in [5.74, 6) is 1.92. The molecule has 1 aromatic carbocycles. The van der Waals surface area contributed by atoms with Gasteiger partial charge in [0, 0.05) is 25.8 Å². The van der Waals surface area contributed by atoms with Crippen LogP contribution in [0.1, 0.15) is 18.4 Å². The van der Waals surface area contributed by atoms with E-state index in [1.165, 1.54) is 18.4 Å². The first kappa shape index (κ1) is 15.7. The van der Waals surface area contributed by atoms with Crippen molar-refractivity contribution in [1.82, 2.24) is 9.97 Å². The van der Waals surface area contributed by atoms with Crippen molar-refractivity contribution in [2.45, 2.75) is 19.4 Å². The van der Waals surface area contributed by atoms with Crippen molar-refractivity contribution in [3.05, 3.63) is 54.2 Å². The van der Waals surface area contributed by atoms with E-state index < -0.39 is 0 Å². The van der Waals surface area contributed by atoms with Crippen LogP contribution in [0.4, 0.5) is 11.5 Å². The zero-order valence-corrected chi connectivity index (χ0v) is 14.4. The van der Waals surface area contributed by atoms with Crippen molar-refractivity contribution in [2.24, 2.45) is 0 Å². The van der Waals surface area contributed by atoms with Gasteiger partial charge in [-0.05, 0) is 48.7 Å². The summed E-state index contributed by atoms with van der Waals surface area (Å²) < 4.78 is 5.21. The molecule has 0 unspecified atom stereocenters. The van der Waals surface area contributed by atoms with Gasteiger partial charge in [-0.1, -0.05) is 12.1 Å². The van der Waals surface area contributed by atoms with Gasteiger partial charge >= 0.3 is 0 Å². The van der Waals surface area contributed by atoms with Gasteiger partial charge in [0.2, 0.25) is 0 Å². The SMILES string of the molecule is COc1ccc(CNc2ccnc3ccc(N4CCCC4)nc23)cc1. The molecule has 0 spiro atoms. The number of pyridine rings is 2. The van der Waals surface area contributed by atoms with Crippen LogP contribution in [0.2, 0.25) is 0 Å². The van der Waals surface area contributed by atoms with Gasteiger partial charge in [-0.3, -0.25) is 4.98 Å². The molecule has 128 valence electrons. The van der Waals surface area contributed by atoms with Crippen molar-refractivity contribution in [1.29, 1.82) is 0 Å². The van der Waals surface area contributed by atoms with E-state index in [4.69, 9.17) is 9.72 Å². The Morgan fingerprint density at radius 2 is 1.84 bits per heavy atom. The highest BCUT2D eigenvalue weighted by molar-refractivity contribution is 5.88. The van der Waals surface area contributed by atoms with Gasteiger partial charge in [0.1, 0.15) is 17.1 Å². The summed E-state index contributed by atoms with van der Waals surface area (Å²) >= 11 is 0. The van der Waals surface area contributed by atoms with Crippen LogP contribution in [0, 0.1) is 0 Å². The Morgan fingerprint density at radius 1 is 1.04 bits per heavy atom. The summed E-state index contributed by atoms with van der Waals surface area (Å²) in [5, 5.41) is 3.50. The average Bonchev–Trinajstić information content (AvgIpc) is 3.21. The number of anilines is 2. The molecule has 1 fully saturated rings. The molecule has 1 aliphatic rings. The highest BCUT2D eigenvalue weighted by atomic mass is 16.5. The Kier molecular flexibility index (Phi) is 4.37. The minimum Gasteiger partial charge on any atom is -0.497 e. The number of fused-ring (bicyclic) bond motifs is 1. The highest BCUT2D eigenvalue weighted by Gasteiger charge is 2.14. The molecule has 3 aromatic rings. The number of aromatic nitrogens is 2. The third-order valence-electron chi connectivity index (χ3n) is 4.64. The van der Waals surface area contributed by atoms with Crippen molar-refractivity contribution in [3.63, 3.8) is 0 Å². The second kappa shape index (κ2) is 6.97. The number of ether oxygens (including phenoxy) is 1. The van der Waals surface area contributed by atoms with E-state index in [9.17, 15) is 0 Å². The molecule has 1 aliphatic heterocycles. The van der Waals surface area contributed by atoms with E-state index >= 15 is 0 Å². The third-order valence-corrected chi connectivity index (χ3v) is 4.64. The molecule has 0 radical (unpaired) electrons. The Balaban J connectivity index is 1.58. The normalized spacial score (nSPS) is 14.0. The number of nitrogens with one attached hydrogen (secondary N) is 1. The van der Waals surface area contributed by atoms with E-state index in [2.05, 4.69) is 39.5 Å². The molecule has 0 saturated carbocycles. The van der Waals surface area contributed by atoms with Crippen LogP contribution in [-0.4, -0.2) is 30.2 Å². The topological polar surface area (TPSA) is 50.3 Å². The van der Waals surface area contributed by atoms with E-state index in [1.54, 1.807) is 7.11 Å². The molecular weight excluding hydrogens is 312 g/mol. The number of nitrogens with zero attached hydrogens (tertiary/aromatic N) is 3. The molecule has 3 heterocycles. The smallest absolute Gasteiger partial charge is 0.129 e. The Labute approximate surface area is 147 Å². The zero-order valence-electron chi connectivity index (χ0n) is 14.4. The predicted octanol–water partition coefficient (Wildman–Crippen LogP) is 3.85. The number of hydrogen-bond acceptors (Lipinski definition) is 5. The minimum atomic E-state index is 0.735. The number of rotatable bonds is 5. The summed E-state index contributed by atoms with van der Waals surface area (Å²) in [5.41, 5.74) is 4.06. The molecule has 0 aliphatic carbocycles. The third kappa shape index (κ3) is 3.36. The van der Waals surface area contributed by atoms with Crippen molar-refractivity contribution < 1.29 is 4.74 Å². The predicted molar refractivity (Wildman–Crippen MR) is 101 cm³/mol. The fraction of sp³-hybridized carbons (Fsp3) is 0.300. The number of methoxy groups -OCH3 is 1. The lowest BCUT2D eigenvalue weighted by atomic mass is 10.2. The maximum Gasteiger partial charge on any atom is 0.129 e. The monoisotopic (exact) mass is 334 g/mol. The Bertz CT molecular complexity index is 857. The quantitative estimate of drug-likeness (QED) is 0.768. The van der Waals surface area contributed by atoms with E-state index in [1.807, 2.05) is 24.4 Å². The molecule has 4 rings (SSSR count). The number of benzene rings is 1. The molecule has 1 N–H and O–H groups in total. The Hall–Kier alpha value is -2.82. The largest absolute Gasteiger partial charge is 0.497 e. The lowest BCUT2D eigenvalue weighted by Gasteiger charge is -2.17. The molecule has 1 saturated heterocycles. The fourth-order valence-corrected chi connectivity index (χ4v) is 3.22. The first-order valence-electron chi connectivity index (χ1n) is 8.71. The van der Waals surface area contributed by atoms with Crippen molar-refractivity contribution in [2.75, 3.05) is 30.4 Å². The first-order valence-corrected chi connectivity index (χ1v) is 8.71. The van der Waals surface area contributed by atoms with Gasteiger partial charge in [0.25, 0.3) is 0 Å². The van der Waals surface area contributed by atoms with Gasteiger partial charge in [-0.25, -0.2) is 4.98 Å². The molecule has 0 amide bonds. The molecular formula is C20H22N4O. The molecule has 0 bridgehead atoms. The van der Waals surface area contributed by atoms with Crippen molar-refractivity contribution in [3.8, 4) is 5.75 Å². The fourth-order valence-electron chi connectivity index (χ4n) is 3.22. The summed E-state index contributed by atoms with van der Waals surface area (Å²) in [6.45, 7) is 2.92.